The summed E-state index contributed by atoms with van der Waals surface area (Å²) in [6.45, 7) is 0.624. The molecule has 5 rings (SSSR count). The second kappa shape index (κ2) is 10.2. The molecule has 9 heteroatoms. The van der Waals surface area contributed by atoms with Crippen molar-refractivity contribution in [2.24, 2.45) is 0 Å². The Labute approximate surface area is 206 Å². The zero-order chi connectivity index (χ0) is 24.0. The van der Waals surface area contributed by atoms with Gasteiger partial charge in [0, 0.05) is 35.9 Å². The van der Waals surface area contributed by atoms with Crippen LogP contribution in [0.25, 0.3) is 22.4 Å². The number of carbonyl (C=O) groups is 1. The van der Waals surface area contributed by atoms with Crippen LogP contribution in [0.5, 0.6) is 0 Å². The Kier molecular flexibility index (Phi) is 6.54. The minimum Gasteiger partial charge on any atom is -0.436 e. The van der Waals surface area contributed by atoms with Crippen molar-refractivity contribution in [1.29, 1.82) is 0 Å². The Morgan fingerprint density at radius 1 is 0.886 bits per heavy atom. The van der Waals surface area contributed by atoms with E-state index in [9.17, 15) is 4.79 Å². The molecule has 0 saturated heterocycles. The fourth-order valence-electron chi connectivity index (χ4n) is 3.62. The first-order chi connectivity index (χ1) is 17.2. The predicted octanol–water partition coefficient (Wildman–Crippen LogP) is 6.24. The molecule has 5 aromatic rings. The van der Waals surface area contributed by atoms with E-state index in [2.05, 4.69) is 30.9 Å². The second-order valence-electron chi connectivity index (χ2n) is 7.70. The quantitative estimate of drug-likeness (QED) is 0.252. The average Bonchev–Trinajstić information content (AvgIpc) is 3.23. The van der Waals surface area contributed by atoms with Crippen LogP contribution in [-0.4, -0.2) is 27.5 Å². The number of hydrogen-bond donors (Lipinski definition) is 3. The van der Waals surface area contributed by atoms with E-state index >= 15 is 0 Å². The molecule has 0 aliphatic heterocycles. The number of furan rings is 1. The number of pyridine rings is 1. The summed E-state index contributed by atoms with van der Waals surface area (Å²) in [6.07, 6.45) is 5.55. The first-order valence-corrected chi connectivity index (χ1v) is 11.3. The van der Waals surface area contributed by atoms with E-state index in [1.807, 2.05) is 66.7 Å². The van der Waals surface area contributed by atoms with Crippen molar-refractivity contribution in [2.75, 3.05) is 22.5 Å². The van der Waals surface area contributed by atoms with Crippen molar-refractivity contribution in [3.8, 4) is 11.3 Å². The molecule has 0 aliphatic rings. The van der Waals surface area contributed by atoms with Crippen LogP contribution in [0, 0.1) is 0 Å². The van der Waals surface area contributed by atoms with Gasteiger partial charge in [-0.3, -0.25) is 4.98 Å². The number of fused-ring (bicyclic) bond motifs is 1. The molecule has 0 saturated carbocycles. The average molecular weight is 485 g/mol. The first-order valence-electron chi connectivity index (χ1n) is 11.0. The molecule has 3 heterocycles. The number of carbonyl (C=O) groups excluding carboxylic acids is 1. The molecule has 0 fully saturated rings. The SMILES string of the molecule is O=C(Nc1ccccc1)Nc1ccc(CCNc2ncnc3oc(-c4ccncc4)c(Cl)c23)cc1. The molecule has 35 heavy (non-hydrogen) atoms. The van der Waals surface area contributed by atoms with E-state index in [1.54, 1.807) is 12.4 Å². The summed E-state index contributed by atoms with van der Waals surface area (Å²) in [4.78, 5) is 24.8. The topological polar surface area (TPSA) is 105 Å². The summed E-state index contributed by atoms with van der Waals surface area (Å²) in [5, 5.41) is 10.1. The standard InChI is InChI=1S/C26H21ClN6O2/c27-22-21-24(30-16-31-25(21)35-23(22)18-11-13-28-14-12-18)29-15-10-17-6-8-20(9-7-17)33-26(34)32-19-4-2-1-3-5-19/h1-9,11-14,16H,10,15H2,(H,29,30,31)(H2,32,33,34). The molecule has 2 aromatic carbocycles. The second-order valence-corrected chi connectivity index (χ2v) is 8.08. The third kappa shape index (κ3) is 5.23. The summed E-state index contributed by atoms with van der Waals surface area (Å²) in [6, 6.07) is 20.3. The van der Waals surface area contributed by atoms with E-state index in [0.29, 0.717) is 39.9 Å². The van der Waals surface area contributed by atoms with Gasteiger partial charge in [0.05, 0.1) is 0 Å². The Morgan fingerprint density at radius 2 is 1.60 bits per heavy atom. The number of aromatic nitrogens is 3. The van der Waals surface area contributed by atoms with Crippen LogP contribution in [0.2, 0.25) is 5.02 Å². The summed E-state index contributed by atoms with van der Waals surface area (Å²) in [5.74, 6) is 1.15. The third-order valence-electron chi connectivity index (χ3n) is 5.32. The number of urea groups is 1. The fourth-order valence-corrected chi connectivity index (χ4v) is 3.94. The smallest absolute Gasteiger partial charge is 0.323 e. The van der Waals surface area contributed by atoms with Crippen LogP contribution < -0.4 is 16.0 Å². The van der Waals surface area contributed by atoms with Crippen LogP contribution in [0.4, 0.5) is 22.0 Å². The molecule has 8 nitrogen and oxygen atoms in total. The Morgan fingerprint density at radius 3 is 2.34 bits per heavy atom. The number of anilines is 3. The van der Waals surface area contributed by atoms with Gasteiger partial charge in [-0.1, -0.05) is 41.9 Å². The Hall–Kier alpha value is -4.43. The van der Waals surface area contributed by atoms with Crippen LogP contribution in [0.3, 0.4) is 0 Å². The Bertz CT molecular complexity index is 1440. The van der Waals surface area contributed by atoms with Gasteiger partial charge in [-0.25, -0.2) is 14.8 Å². The summed E-state index contributed by atoms with van der Waals surface area (Å²) >= 11 is 6.63. The normalized spacial score (nSPS) is 10.8. The minimum absolute atomic E-state index is 0.290. The highest BCUT2D eigenvalue weighted by atomic mass is 35.5. The van der Waals surface area contributed by atoms with E-state index in [4.69, 9.17) is 16.0 Å². The van der Waals surface area contributed by atoms with Gasteiger partial charge in [-0.05, 0) is 48.4 Å². The number of rotatable bonds is 7. The molecule has 174 valence electrons. The van der Waals surface area contributed by atoms with Gasteiger partial charge >= 0.3 is 6.03 Å². The van der Waals surface area contributed by atoms with E-state index in [1.165, 1.54) is 6.33 Å². The number of nitrogens with zero attached hydrogens (tertiary/aromatic N) is 3. The number of nitrogens with one attached hydrogen (secondary N) is 3. The lowest BCUT2D eigenvalue weighted by Crippen LogP contribution is -2.19. The van der Waals surface area contributed by atoms with Crippen LogP contribution in [0.1, 0.15) is 5.56 Å². The highest BCUT2D eigenvalue weighted by Gasteiger charge is 2.19. The monoisotopic (exact) mass is 484 g/mol. The first kappa shape index (κ1) is 22.4. The van der Waals surface area contributed by atoms with E-state index in [-0.39, 0.29) is 6.03 Å². The number of amides is 2. The molecule has 3 N–H and O–H groups in total. The molecule has 0 atom stereocenters. The van der Waals surface area contributed by atoms with Crippen molar-refractivity contribution in [2.45, 2.75) is 6.42 Å². The highest BCUT2D eigenvalue weighted by molar-refractivity contribution is 6.38. The number of benzene rings is 2. The summed E-state index contributed by atoms with van der Waals surface area (Å²) in [5.41, 5.74) is 3.79. The number of halogens is 1. The number of hydrogen-bond acceptors (Lipinski definition) is 6. The lowest BCUT2D eigenvalue weighted by Gasteiger charge is -2.09. The van der Waals surface area contributed by atoms with Gasteiger partial charge in [0.2, 0.25) is 5.71 Å². The lowest BCUT2D eigenvalue weighted by atomic mass is 10.1. The van der Waals surface area contributed by atoms with Gasteiger partial charge < -0.3 is 20.4 Å². The molecule has 0 unspecified atom stereocenters. The van der Waals surface area contributed by atoms with Crippen LogP contribution >= 0.6 is 11.6 Å². The molecule has 2 amide bonds. The van der Waals surface area contributed by atoms with Crippen molar-refractivity contribution in [3.05, 3.63) is 96.0 Å². The molecule has 0 spiro atoms. The number of para-hydroxylation sites is 1. The zero-order valence-corrected chi connectivity index (χ0v) is 19.3. The molecular weight excluding hydrogens is 464 g/mol. The Balaban J connectivity index is 1.20. The molecule has 3 aromatic heterocycles. The van der Waals surface area contributed by atoms with Gasteiger partial charge in [-0.15, -0.1) is 0 Å². The van der Waals surface area contributed by atoms with Crippen molar-refractivity contribution in [1.82, 2.24) is 15.0 Å². The zero-order valence-electron chi connectivity index (χ0n) is 18.5. The van der Waals surface area contributed by atoms with Gasteiger partial charge in [0.15, 0.2) is 5.76 Å². The van der Waals surface area contributed by atoms with E-state index < -0.39 is 0 Å². The summed E-state index contributed by atoms with van der Waals surface area (Å²) in [7, 11) is 0. The van der Waals surface area contributed by atoms with Crippen LogP contribution in [-0.2, 0) is 6.42 Å². The maximum atomic E-state index is 12.2. The van der Waals surface area contributed by atoms with Crippen LogP contribution in [0.15, 0.2) is 89.9 Å². The minimum atomic E-state index is -0.290. The molecule has 0 aliphatic carbocycles. The summed E-state index contributed by atoms with van der Waals surface area (Å²) < 4.78 is 5.88. The maximum Gasteiger partial charge on any atom is 0.323 e. The molecular formula is C26H21ClN6O2. The third-order valence-corrected chi connectivity index (χ3v) is 5.68. The largest absolute Gasteiger partial charge is 0.436 e. The van der Waals surface area contributed by atoms with E-state index in [0.717, 1.165) is 23.2 Å². The predicted molar refractivity (Wildman–Crippen MR) is 138 cm³/mol. The van der Waals surface area contributed by atoms with Gasteiger partial charge in [0.25, 0.3) is 0 Å². The van der Waals surface area contributed by atoms with Crippen molar-refractivity contribution in [3.63, 3.8) is 0 Å². The van der Waals surface area contributed by atoms with Gasteiger partial charge in [0.1, 0.15) is 22.6 Å². The molecule has 0 bridgehead atoms. The van der Waals surface area contributed by atoms with Crippen molar-refractivity contribution >= 4 is 45.9 Å². The molecule has 0 radical (unpaired) electrons. The highest BCUT2D eigenvalue weighted by Crippen LogP contribution is 2.39. The van der Waals surface area contributed by atoms with Crippen molar-refractivity contribution < 1.29 is 9.21 Å². The fraction of sp³-hybridized carbons (Fsp3) is 0.0769. The maximum absolute atomic E-state index is 12.2. The van der Waals surface area contributed by atoms with Gasteiger partial charge in [-0.2, -0.15) is 0 Å². The lowest BCUT2D eigenvalue weighted by molar-refractivity contribution is 0.262.